The van der Waals surface area contributed by atoms with E-state index in [1.54, 1.807) is 30.2 Å². The zero-order valence-corrected chi connectivity index (χ0v) is 15.5. The second-order valence-corrected chi connectivity index (χ2v) is 7.00. The van der Waals surface area contributed by atoms with Gasteiger partial charge in [-0.05, 0) is 43.9 Å². The molecule has 1 aliphatic heterocycles. The van der Waals surface area contributed by atoms with E-state index in [1.165, 1.54) is 0 Å². The first-order valence-electron chi connectivity index (χ1n) is 9.28. The summed E-state index contributed by atoms with van der Waals surface area (Å²) in [5.41, 5.74) is 8.65. The van der Waals surface area contributed by atoms with Crippen LogP contribution >= 0.6 is 0 Å². The van der Waals surface area contributed by atoms with Crippen LogP contribution in [-0.2, 0) is 9.53 Å². The minimum atomic E-state index is -0.444. The molecule has 2 N–H and O–H groups in total. The number of amides is 1. The van der Waals surface area contributed by atoms with E-state index < -0.39 is 11.8 Å². The summed E-state index contributed by atoms with van der Waals surface area (Å²) in [5, 5.41) is 5.08. The Hall–Kier alpha value is -3.13. The number of primary amides is 1. The molecule has 144 valence electrons. The molecule has 0 spiro atoms. The quantitative estimate of drug-likeness (QED) is 0.682. The first-order valence-corrected chi connectivity index (χ1v) is 9.28. The lowest BCUT2D eigenvalue weighted by atomic mass is 9.99. The molecule has 1 amide bonds. The molecule has 0 aliphatic carbocycles. The number of carbonyl (C=O) groups is 2. The van der Waals surface area contributed by atoms with Crippen molar-refractivity contribution in [2.45, 2.75) is 38.3 Å². The van der Waals surface area contributed by atoms with Crippen molar-refractivity contribution >= 4 is 23.2 Å². The van der Waals surface area contributed by atoms with Crippen LogP contribution < -0.4 is 5.73 Å². The van der Waals surface area contributed by atoms with E-state index in [1.807, 2.05) is 12.1 Å². The first-order chi connectivity index (χ1) is 13.6. The molecule has 3 aromatic rings. The first kappa shape index (κ1) is 18.2. The molecule has 3 aromatic heterocycles. The molecule has 2 atom stereocenters. The Kier molecular flexibility index (Phi) is 4.87. The number of ether oxygens (including phenoxy) is 1. The Morgan fingerprint density at radius 3 is 2.82 bits per heavy atom. The second-order valence-electron chi connectivity index (χ2n) is 7.00. The largest absolute Gasteiger partial charge is 0.369 e. The molecular formula is C20H21N5O3. The van der Waals surface area contributed by atoms with Crippen LogP contribution in [0.1, 0.15) is 54.4 Å². The van der Waals surface area contributed by atoms with Gasteiger partial charge in [-0.15, -0.1) is 0 Å². The molecule has 1 aliphatic rings. The third-order valence-corrected chi connectivity index (χ3v) is 5.13. The lowest BCUT2D eigenvalue weighted by Crippen LogP contribution is -2.19. The summed E-state index contributed by atoms with van der Waals surface area (Å²) < 4.78 is 7.50. The predicted octanol–water partition coefficient (Wildman–Crippen LogP) is 2.59. The molecule has 2 unspecified atom stereocenters. The predicted molar refractivity (Wildman–Crippen MR) is 103 cm³/mol. The molecular weight excluding hydrogens is 358 g/mol. The van der Waals surface area contributed by atoms with Crippen LogP contribution in [0.15, 0.2) is 30.7 Å². The fourth-order valence-electron chi connectivity index (χ4n) is 3.42. The van der Waals surface area contributed by atoms with Crippen molar-refractivity contribution in [3.8, 4) is 11.1 Å². The lowest BCUT2D eigenvalue weighted by Gasteiger charge is -2.22. The van der Waals surface area contributed by atoms with E-state index in [-0.39, 0.29) is 6.23 Å². The SMILES string of the molecule is CC(C(N)=O)c1cncc(-c2cnc3c(c2)c(C=O)nn3C2CCCCO2)c1. The number of rotatable bonds is 5. The van der Waals surface area contributed by atoms with Gasteiger partial charge in [0.15, 0.2) is 18.2 Å². The van der Waals surface area contributed by atoms with Gasteiger partial charge in [0.25, 0.3) is 0 Å². The number of aromatic nitrogens is 4. The van der Waals surface area contributed by atoms with Gasteiger partial charge < -0.3 is 10.5 Å². The Labute approximate surface area is 161 Å². The molecule has 0 bridgehead atoms. The number of hydrogen-bond donors (Lipinski definition) is 1. The van der Waals surface area contributed by atoms with Crippen LogP contribution in [0.3, 0.4) is 0 Å². The number of aldehydes is 1. The number of nitrogens with two attached hydrogens (primary N) is 1. The Balaban J connectivity index is 1.77. The van der Waals surface area contributed by atoms with Crippen LogP contribution in [0, 0.1) is 0 Å². The van der Waals surface area contributed by atoms with Crippen LogP contribution in [0.4, 0.5) is 0 Å². The highest BCUT2D eigenvalue weighted by Crippen LogP contribution is 2.30. The summed E-state index contributed by atoms with van der Waals surface area (Å²) in [6.07, 6.45) is 8.48. The van der Waals surface area contributed by atoms with E-state index in [2.05, 4.69) is 15.1 Å². The summed E-state index contributed by atoms with van der Waals surface area (Å²) in [5.74, 6) is -0.856. The Morgan fingerprint density at radius 1 is 1.29 bits per heavy atom. The highest BCUT2D eigenvalue weighted by atomic mass is 16.5. The molecule has 1 fully saturated rings. The highest BCUT2D eigenvalue weighted by Gasteiger charge is 2.22. The summed E-state index contributed by atoms with van der Waals surface area (Å²) in [4.78, 5) is 31.8. The van der Waals surface area contributed by atoms with Gasteiger partial charge in [0.1, 0.15) is 5.69 Å². The van der Waals surface area contributed by atoms with Crippen LogP contribution in [-0.4, -0.2) is 38.5 Å². The number of hydrogen-bond acceptors (Lipinski definition) is 6. The molecule has 0 saturated carbocycles. The maximum absolute atomic E-state index is 11.6. The van der Waals surface area contributed by atoms with Gasteiger partial charge in [-0.2, -0.15) is 5.10 Å². The summed E-state index contributed by atoms with van der Waals surface area (Å²) in [6.45, 7) is 2.42. The van der Waals surface area contributed by atoms with Crippen LogP contribution in [0.5, 0.6) is 0 Å². The van der Waals surface area contributed by atoms with E-state index in [0.29, 0.717) is 23.3 Å². The van der Waals surface area contributed by atoms with Crippen molar-refractivity contribution in [1.82, 2.24) is 19.7 Å². The highest BCUT2D eigenvalue weighted by molar-refractivity contribution is 5.95. The lowest BCUT2D eigenvalue weighted by molar-refractivity contribution is -0.119. The average Bonchev–Trinajstić information content (AvgIpc) is 3.12. The normalized spacial score (nSPS) is 18.1. The number of carbonyl (C=O) groups excluding carboxylic acids is 2. The molecule has 28 heavy (non-hydrogen) atoms. The van der Waals surface area contributed by atoms with E-state index in [4.69, 9.17) is 10.5 Å². The molecule has 4 rings (SSSR count). The minimum absolute atomic E-state index is 0.204. The van der Waals surface area contributed by atoms with Gasteiger partial charge in [0, 0.05) is 36.3 Å². The number of nitrogens with zero attached hydrogens (tertiary/aromatic N) is 4. The summed E-state index contributed by atoms with van der Waals surface area (Å²) in [7, 11) is 0. The number of pyridine rings is 2. The summed E-state index contributed by atoms with van der Waals surface area (Å²) >= 11 is 0. The van der Waals surface area contributed by atoms with E-state index in [9.17, 15) is 9.59 Å². The zero-order chi connectivity index (χ0) is 19.7. The molecule has 0 radical (unpaired) electrons. The number of fused-ring (bicyclic) bond motifs is 1. The second kappa shape index (κ2) is 7.47. The monoisotopic (exact) mass is 379 g/mol. The van der Waals surface area contributed by atoms with E-state index in [0.717, 1.165) is 42.2 Å². The van der Waals surface area contributed by atoms with Crippen molar-refractivity contribution in [2.24, 2.45) is 5.73 Å². The summed E-state index contributed by atoms with van der Waals surface area (Å²) in [6, 6.07) is 3.73. The average molecular weight is 379 g/mol. The molecule has 4 heterocycles. The van der Waals surface area contributed by atoms with Gasteiger partial charge in [-0.3, -0.25) is 14.6 Å². The van der Waals surface area contributed by atoms with Gasteiger partial charge in [0.2, 0.25) is 5.91 Å². The van der Waals surface area contributed by atoms with Crippen LogP contribution in [0.2, 0.25) is 0 Å². The Morgan fingerprint density at radius 2 is 2.11 bits per heavy atom. The smallest absolute Gasteiger partial charge is 0.224 e. The van der Waals surface area contributed by atoms with E-state index >= 15 is 0 Å². The maximum Gasteiger partial charge on any atom is 0.224 e. The molecule has 1 saturated heterocycles. The maximum atomic E-state index is 11.6. The fraction of sp³-hybridized carbons (Fsp3) is 0.350. The van der Waals surface area contributed by atoms with Crippen molar-refractivity contribution in [3.63, 3.8) is 0 Å². The van der Waals surface area contributed by atoms with Gasteiger partial charge in [0.05, 0.1) is 11.3 Å². The van der Waals surface area contributed by atoms with Crippen molar-refractivity contribution in [1.29, 1.82) is 0 Å². The Bertz CT molecular complexity index is 1040. The third kappa shape index (κ3) is 3.27. The third-order valence-electron chi connectivity index (χ3n) is 5.13. The van der Waals surface area contributed by atoms with Gasteiger partial charge >= 0.3 is 0 Å². The topological polar surface area (TPSA) is 113 Å². The molecule has 0 aromatic carbocycles. The molecule has 8 nitrogen and oxygen atoms in total. The van der Waals surface area contributed by atoms with Gasteiger partial charge in [-0.25, -0.2) is 9.67 Å². The van der Waals surface area contributed by atoms with Gasteiger partial charge in [-0.1, -0.05) is 0 Å². The van der Waals surface area contributed by atoms with Crippen LogP contribution in [0.25, 0.3) is 22.2 Å². The molecule has 8 heteroatoms. The standard InChI is InChI=1S/C20H21N5O3/c1-12(19(21)27)13-6-14(9-22-8-13)15-7-16-17(11-26)24-25(20(16)23-10-15)18-4-2-3-5-28-18/h6-12,18H,2-5H2,1H3,(H2,21,27). The minimum Gasteiger partial charge on any atom is -0.369 e. The zero-order valence-electron chi connectivity index (χ0n) is 15.5. The fourth-order valence-corrected chi connectivity index (χ4v) is 3.42. The van der Waals surface area contributed by atoms with Crippen molar-refractivity contribution in [3.05, 3.63) is 42.0 Å². The van der Waals surface area contributed by atoms with Crippen molar-refractivity contribution < 1.29 is 14.3 Å². The van der Waals surface area contributed by atoms with Crippen molar-refractivity contribution in [2.75, 3.05) is 6.61 Å².